The SMILES string of the molecule is CCOc1ccc([C@@H](C(=O)O)N2CCCCC2)cc1. The molecule has 0 unspecified atom stereocenters. The average Bonchev–Trinajstić information content (AvgIpc) is 2.42. The van der Waals surface area contributed by atoms with Gasteiger partial charge in [-0.1, -0.05) is 18.6 Å². The molecule has 4 nitrogen and oxygen atoms in total. The molecule has 0 radical (unpaired) electrons. The lowest BCUT2D eigenvalue weighted by atomic mass is 10.0. The van der Waals surface area contributed by atoms with Gasteiger partial charge in [0.1, 0.15) is 11.8 Å². The standard InChI is InChI=1S/C15H21NO3/c1-2-19-13-8-6-12(7-9-13)14(15(17)18)16-10-4-3-5-11-16/h6-9,14H,2-5,10-11H2,1H3,(H,17,18)/t14-/m0/s1. The van der Waals surface area contributed by atoms with Gasteiger partial charge in [-0.3, -0.25) is 9.69 Å². The highest BCUT2D eigenvalue weighted by Crippen LogP contribution is 2.26. The normalized spacial score (nSPS) is 17.9. The van der Waals surface area contributed by atoms with Crippen molar-refractivity contribution >= 4 is 5.97 Å². The number of hydrogen-bond acceptors (Lipinski definition) is 3. The van der Waals surface area contributed by atoms with Crippen LogP contribution in [0.5, 0.6) is 5.75 Å². The molecule has 0 bridgehead atoms. The minimum absolute atomic E-state index is 0.532. The molecule has 0 amide bonds. The van der Waals surface area contributed by atoms with Gasteiger partial charge in [0.05, 0.1) is 6.61 Å². The molecule has 1 aromatic carbocycles. The second-order valence-corrected chi connectivity index (χ2v) is 4.84. The van der Waals surface area contributed by atoms with Crippen molar-refractivity contribution in [1.82, 2.24) is 4.90 Å². The number of rotatable bonds is 5. The summed E-state index contributed by atoms with van der Waals surface area (Å²) in [6.45, 7) is 4.28. The van der Waals surface area contributed by atoms with E-state index in [9.17, 15) is 9.90 Å². The highest BCUT2D eigenvalue weighted by atomic mass is 16.5. The molecule has 1 aromatic rings. The van der Waals surface area contributed by atoms with Crippen LogP contribution in [0.4, 0.5) is 0 Å². The van der Waals surface area contributed by atoms with Crippen LogP contribution in [-0.4, -0.2) is 35.7 Å². The Morgan fingerprint density at radius 2 is 1.89 bits per heavy atom. The number of carboxylic acid groups (broad SMARTS) is 1. The van der Waals surface area contributed by atoms with Gasteiger partial charge in [0.2, 0.25) is 0 Å². The van der Waals surface area contributed by atoms with Crippen molar-refractivity contribution in [2.24, 2.45) is 0 Å². The molecule has 0 aliphatic carbocycles. The molecule has 0 saturated carbocycles. The summed E-state index contributed by atoms with van der Waals surface area (Å²) in [4.78, 5) is 13.6. The Bertz CT molecular complexity index is 410. The Labute approximate surface area is 114 Å². The zero-order chi connectivity index (χ0) is 13.7. The van der Waals surface area contributed by atoms with Gasteiger partial charge in [-0.05, 0) is 50.6 Å². The summed E-state index contributed by atoms with van der Waals surface area (Å²) in [6.07, 6.45) is 3.37. The molecule has 4 heteroatoms. The molecular formula is C15H21NO3. The van der Waals surface area contributed by atoms with E-state index in [1.807, 2.05) is 31.2 Å². The zero-order valence-corrected chi connectivity index (χ0v) is 11.3. The van der Waals surface area contributed by atoms with Crippen molar-refractivity contribution in [1.29, 1.82) is 0 Å². The van der Waals surface area contributed by atoms with Crippen LogP contribution >= 0.6 is 0 Å². The van der Waals surface area contributed by atoms with E-state index in [1.165, 1.54) is 6.42 Å². The Morgan fingerprint density at radius 1 is 1.26 bits per heavy atom. The molecule has 104 valence electrons. The minimum Gasteiger partial charge on any atom is -0.494 e. The highest BCUT2D eigenvalue weighted by molar-refractivity contribution is 5.75. The van der Waals surface area contributed by atoms with Crippen LogP contribution in [-0.2, 0) is 4.79 Å². The summed E-state index contributed by atoms with van der Waals surface area (Å²) in [5.41, 5.74) is 0.831. The predicted molar refractivity (Wildman–Crippen MR) is 73.4 cm³/mol. The van der Waals surface area contributed by atoms with Gasteiger partial charge in [0, 0.05) is 0 Å². The van der Waals surface area contributed by atoms with Crippen LogP contribution in [0.15, 0.2) is 24.3 Å². The maximum atomic E-state index is 11.5. The number of ether oxygens (including phenoxy) is 1. The number of likely N-dealkylation sites (tertiary alicyclic amines) is 1. The predicted octanol–water partition coefficient (Wildman–Crippen LogP) is 2.70. The molecule has 0 aromatic heterocycles. The molecule has 1 fully saturated rings. The number of carboxylic acids is 1. The molecule has 1 atom stereocenters. The molecule has 1 heterocycles. The first kappa shape index (κ1) is 13.9. The fraction of sp³-hybridized carbons (Fsp3) is 0.533. The summed E-state index contributed by atoms with van der Waals surface area (Å²) in [6, 6.07) is 6.88. The first-order chi connectivity index (χ1) is 9.22. The maximum absolute atomic E-state index is 11.5. The smallest absolute Gasteiger partial charge is 0.325 e. The number of carbonyl (C=O) groups is 1. The second-order valence-electron chi connectivity index (χ2n) is 4.84. The summed E-state index contributed by atoms with van der Waals surface area (Å²) in [5, 5.41) is 9.48. The Balaban J connectivity index is 2.15. The van der Waals surface area contributed by atoms with Crippen molar-refractivity contribution in [3.05, 3.63) is 29.8 Å². The Kier molecular flexibility index (Phi) is 4.80. The lowest BCUT2D eigenvalue weighted by Crippen LogP contribution is -2.37. The van der Waals surface area contributed by atoms with Gasteiger partial charge >= 0.3 is 5.97 Å². The highest BCUT2D eigenvalue weighted by Gasteiger charge is 2.28. The fourth-order valence-corrected chi connectivity index (χ4v) is 2.60. The van der Waals surface area contributed by atoms with Crippen molar-refractivity contribution < 1.29 is 14.6 Å². The first-order valence-electron chi connectivity index (χ1n) is 6.92. The van der Waals surface area contributed by atoms with Crippen LogP contribution in [0.2, 0.25) is 0 Å². The van der Waals surface area contributed by atoms with Crippen molar-refractivity contribution in [3.63, 3.8) is 0 Å². The minimum atomic E-state index is -0.772. The maximum Gasteiger partial charge on any atom is 0.325 e. The van der Waals surface area contributed by atoms with E-state index in [1.54, 1.807) is 0 Å². The van der Waals surface area contributed by atoms with Crippen LogP contribution < -0.4 is 4.74 Å². The van der Waals surface area contributed by atoms with E-state index in [-0.39, 0.29) is 0 Å². The van der Waals surface area contributed by atoms with Crippen LogP contribution in [0.1, 0.15) is 37.8 Å². The number of piperidine rings is 1. The van der Waals surface area contributed by atoms with Crippen LogP contribution in [0, 0.1) is 0 Å². The largest absolute Gasteiger partial charge is 0.494 e. The summed E-state index contributed by atoms with van der Waals surface area (Å²) in [7, 11) is 0. The van der Waals surface area contributed by atoms with Gasteiger partial charge in [0.25, 0.3) is 0 Å². The van der Waals surface area contributed by atoms with E-state index < -0.39 is 12.0 Å². The van der Waals surface area contributed by atoms with Crippen LogP contribution in [0.25, 0.3) is 0 Å². The average molecular weight is 263 g/mol. The lowest BCUT2D eigenvalue weighted by molar-refractivity contribution is -0.144. The monoisotopic (exact) mass is 263 g/mol. The van der Waals surface area contributed by atoms with Gasteiger partial charge in [-0.15, -0.1) is 0 Å². The van der Waals surface area contributed by atoms with Gasteiger partial charge < -0.3 is 9.84 Å². The zero-order valence-electron chi connectivity index (χ0n) is 11.3. The molecule has 0 spiro atoms. The third-order valence-corrected chi connectivity index (χ3v) is 3.50. The lowest BCUT2D eigenvalue weighted by Gasteiger charge is -2.32. The quantitative estimate of drug-likeness (QED) is 0.887. The molecule has 19 heavy (non-hydrogen) atoms. The molecule has 1 aliphatic rings. The second kappa shape index (κ2) is 6.57. The third kappa shape index (κ3) is 3.47. The first-order valence-corrected chi connectivity index (χ1v) is 6.92. The number of nitrogens with zero attached hydrogens (tertiary/aromatic N) is 1. The number of aliphatic carboxylic acids is 1. The van der Waals surface area contributed by atoms with E-state index in [0.29, 0.717) is 6.61 Å². The Hall–Kier alpha value is -1.55. The van der Waals surface area contributed by atoms with Gasteiger partial charge in [0.15, 0.2) is 0 Å². The van der Waals surface area contributed by atoms with E-state index in [2.05, 4.69) is 4.90 Å². The third-order valence-electron chi connectivity index (χ3n) is 3.50. The summed E-state index contributed by atoms with van der Waals surface area (Å²) < 4.78 is 5.39. The van der Waals surface area contributed by atoms with Crippen molar-refractivity contribution in [2.75, 3.05) is 19.7 Å². The molecule has 1 N–H and O–H groups in total. The van der Waals surface area contributed by atoms with E-state index in [0.717, 1.165) is 37.2 Å². The molecule has 1 saturated heterocycles. The van der Waals surface area contributed by atoms with Crippen molar-refractivity contribution in [2.45, 2.75) is 32.2 Å². The molecule has 2 rings (SSSR count). The van der Waals surface area contributed by atoms with Gasteiger partial charge in [-0.25, -0.2) is 0 Å². The van der Waals surface area contributed by atoms with E-state index in [4.69, 9.17) is 4.74 Å². The van der Waals surface area contributed by atoms with Crippen LogP contribution in [0.3, 0.4) is 0 Å². The van der Waals surface area contributed by atoms with E-state index >= 15 is 0 Å². The molecular weight excluding hydrogens is 242 g/mol. The number of benzene rings is 1. The number of hydrogen-bond donors (Lipinski definition) is 1. The summed E-state index contributed by atoms with van der Waals surface area (Å²) >= 11 is 0. The summed E-state index contributed by atoms with van der Waals surface area (Å²) in [5.74, 6) is 0.0140. The fourth-order valence-electron chi connectivity index (χ4n) is 2.60. The van der Waals surface area contributed by atoms with Gasteiger partial charge in [-0.2, -0.15) is 0 Å². The Morgan fingerprint density at radius 3 is 2.42 bits per heavy atom. The van der Waals surface area contributed by atoms with Crippen molar-refractivity contribution in [3.8, 4) is 5.75 Å². The topological polar surface area (TPSA) is 49.8 Å². The molecule has 1 aliphatic heterocycles.